The summed E-state index contributed by atoms with van der Waals surface area (Å²) in [7, 11) is 0. The van der Waals surface area contributed by atoms with Crippen LogP contribution in [0.25, 0.3) is 0 Å². The van der Waals surface area contributed by atoms with E-state index in [0.717, 1.165) is 16.8 Å². The van der Waals surface area contributed by atoms with Crippen molar-refractivity contribution >= 4 is 11.7 Å². The Bertz CT molecular complexity index is 786. The van der Waals surface area contributed by atoms with Gasteiger partial charge in [-0.3, -0.25) is 4.79 Å². The van der Waals surface area contributed by atoms with E-state index in [1.54, 1.807) is 16.9 Å². The molecule has 0 radical (unpaired) electrons. The van der Waals surface area contributed by atoms with Gasteiger partial charge in [0, 0.05) is 11.6 Å². The summed E-state index contributed by atoms with van der Waals surface area (Å²) in [5.41, 5.74) is 2.70. The van der Waals surface area contributed by atoms with E-state index in [9.17, 15) is 4.79 Å². The van der Waals surface area contributed by atoms with Crippen LogP contribution >= 0.6 is 0 Å². The summed E-state index contributed by atoms with van der Waals surface area (Å²) in [5, 5.41) is 11.0. The van der Waals surface area contributed by atoms with E-state index >= 15 is 0 Å². The molecule has 0 spiro atoms. The smallest absolute Gasteiger partial charge is 0.230 e. The second kappa shape index (κ2) is 6.48. The van der Waals surface area contributed by atoms with Crippen LogP contribution in [0.1, 0.15) is 22.6 Å². The van der Waals surface area contributed by atoms with Crippen LogP contribution in [0, 0.1) is 13.8 Å². The van der Waals surface area contributed by atoms with Gasteiger partial charge in [-0.1, -0.05) is 35.5 Å². The summed E-state index contributed by atoms with van der Waals surface area (Å²) in [6, 6.07) is 11.8. The van der Waals surface area contributed by atoms with Crippen LogP contribution in [0.3, 0.4) is 0 Å². The number of aromatic nitrogens is 3. The number of anilines is 1. The summed E-state index contributed by atoms with van der Waals surface area (Å²) >= 11 is 0. The second-order valence-electron chi connectivity index (χ2n) is 5.39. The maximum atomic E-state index is 12.3. The maximum absolute atomic E-state index is 12.3. The van der Waals surface area contributed by atoms with E-state index in [2.05, 4.69) is 15.6 Å². The van der Waals surface area contributed by atoms with Gasteiger partial charge in [-0.25, -0.2) is 4.68 Å². The zero-order valence-electron chi connectivity index (χ0n) is 13.1. The first-order valence-electron chi connectivity index (χ1n) is 7.41. The van der Waals surface area contributed by atoms with Gasteiger partial charge in [0.25, 0.3) is 0 Å². The number of nitrogens with one attached hydrogen (secondary N) is 1. The zero-order valence-corrected chi connectivity index (χ0v) is 13.1. The van der Waals surface area contributed by atoms with Gasteiger partial charge in [0.15, 0.2) is 0 Å². The minimum absolute atomic E-state index is 0.116. The summed E-state index contributed by atoms with van der Waals surface area (Å²) in [5.74, 6) is 1.23. The largest absolute Gasteiger partial charge is 0.361 e. The van der Waals surface area contributed by atoms with Crippen molar-refractivity contribution < 1.29 is 9.32 Å². The van der Waals surface area contributed by atoms with Gasteiger partial charge in [-0.15, -0.1) is 0 Å². The standard InChI is InChI=1S/C17H18N4O2/c1-12-15(13(2)23-20-12)10-17(22)19-16-8-9-18-21(16)11-14-6-4-3-5-7-14/h3-9H,10-11H2,1-2H3,(H,19,22). The summed E-state index contributed by atoms with van der Waals surface area (Å²) in [4.78, 5) is 12.3. The Morgan fingerprint density at radius 2 is 2.00 bits per heavy atom. The van der Waals surface area contributed by atoms with Crippen molar-refractivity contribution in [2.45, 2.75) is 26.8 Å². The van der Waals surface area contributed by atoms with Crippen molar-refractivity contribution in [2.24, 2.45) is 0 Å². The minimum atomic E-state index is -0.116. The van der Waals surface area contributed by atoms with Gasteiger partial charge in [0.1, 0.15) is 11.6 Å². The van der Waals surface area contributed by atoms with E-state index in [0.29, 0.717) is 18.1 Å². The highest BCUT2D eigenvalue weighted by Gasteiger charge is 2.15. The number of nitrogens with zero attached hydrogens (tertiary/aromatic N) is 3. The van der Waals surface area contributed by atoms with Crippen molar-refractivity contribution in [2.75, 3.05) is 5.32 Å². The molecule has 0 saturated carbocycles. The fraction of sp³-hybridized carbons (Fsp3) is 0.235. The Balaban J connectivity index is 1.69. The molecule has 2 aromatic heterocycles. The van der Waals surface area contributed by atoms with Gasteiger partial charge in [0.2, 0.25) is 5.91 Å². The topological polar surface area (TPSA) is 73.0 Å². The van der Waals surface area contributed by atoms with Gasteiger partial charge < -0.3 is 9.84 Å². The molecule has 0 unspecified atom stereocenters. The molecule has 23 heavy (non-hydrogen) atoms. The minimum Gasteiger partial charge on any atom is -0.361 e. The Morgan fingerprint density at radius 3 is 2.70 bits per heavy atom. The number of hydrogen-bond donors (Lipinski definition) is 1. The molecule has 0 fully saturated rings. The number of benzene rings is 1. The number of hydrogen-bond acceptors (Lipinski definition) is 4. The molecule has 0 aliphatic carbocycles. The fourth-order valence-corrected chi connectivity index (χ4v) is 2.42. The molecule has 0 saturated heterocycles. The molecule has 0 bridgehead atoms. The monoisotopic (exact) mass is 310 g/mol. The SMILES string of the molecule is Cc1noc(C)c1CC(=O)Nc1ccnn1Cc1ccccc1. The first-order valence-corrected chi connectivity index (χ1v) is 7.41. The molecule has 0 atom stereocenters. The molecule has 1 N–H and O–H groups in total. The molecule has 6 nitrogen and oxygen atoms in total. The Hall–Kier alpha value is -2.89. The first-order chi connectivity index (χ1) is 11.1. The van der Waals surface area contributed by atoms with Crippen molar-refractivity contribution in [1.29, 1.82) is 0 Å². The Morgan fingerprint density at radius 1 is 1.22 bits per heavy atom. The van der Waals surface area contributed by atoms with Gasteiger partial charge in [0.05, 0.1) is 24.9 Å². The van der Waals surface area contributed by atoms with Crippen LogP contribution in [0.15, 0.2) is 47.1 Å². The van der Waals surface area contributed by atoms with E-state index in [4.69, 9.17) is 4.52 Å². The summed E-state index contributed by atoms with van der Waals surface area (Å²) in [6.07, 6.45) is 1.91. The van der Waals surface area contributed by atoms with Crippen LogP contribution < -0.4 is 5.32 Å². The molecular formula is C17H18N4O2. The quantitative estimate of drug-likeness (QED) is 0.786. The average molecular weight is 310 g/mol. The fourth-order valence-electron chi connectivity index (χ4n) is 2.42. The van der Waals surface area contributed by atoms with E-state index in [-0.39, 0.29) is 12.3 Å². The maximum Gasteiger partial charge on any atom is 0.230 e. The highest BCUT2D eigenvalue weighted by atomic mass is 16.5. The van der Waals surface area contributed by atoms with E-state index in [1.807, 2.05) is 44.2 Å². The lowest BCUT2D eigenvalue weighted by atomic mass is 10.1. The number of rotatable bonds is 5. The third-order valence-corrected chi connectivity index (χ3v) is 3.68. The Labute approximate surface area is 134 Å². The van der Waals surface area contributed by atoms with Crippen molar-refractivity contribution in [1.82, 2.24) is 14.9 Å². The summed E-state index contributed by atoms with van der Waals surface area (Å²) in [6.45, 7) is 4.25. The molecule has 1 amide bonds. The molecule has 3 rings (SSSR count). The van der Waals surface area contributed by atoms with Crippen LogP contribution in [0.4, 0.5) is 5.82 Å². The van der Waals surface area contributed by atoms with Gasteiger partial charge >= 0.3 is 0 Å². The van der Waals surface area contributed by atoms with Crippen LogP contribution in [-0.4, -0.2) is 20.8 Å². The molecule has 3 aromatic rings. The number of amides is 1. The second-order valence-corrected chi connectivity index (χ2v) is 5.39. The molecular weight excluding hydrogens is 292 g/mol. The first kappa shape index (κ1) is 15.0. The highest BCUT2D eigenvalue weighted by Crippen LogP contribution is 2.15. The number of carbonyl (C=O) groups is 1. The zero-order chi connectivity index (χ0) is 16.2. The predicted octanol–water partition coefficient (Wildman–Crippen LogP) is 2.72. The van der Waals surface area contributed by atoms with Crippen molar-refractivity contribution in [3.63, 3.8) is 0 Å². The van der Waals surface area contributed by atoms with Crippen molar-refractivity contribution in [3.05, 3.63) is 65.2 Å². The molecule has 2 heterocycles. The normalized spacial score (nSPS) is 10.7. The molecule has 0 aliphatic rings. The molecule has 0 aliphatic heterocycles. The summed E-state index contributed by atoms with van der Waals surface area (Å²) < 4.78 is 6.85. The third kappa shape index (κ3) is 3.48. The lowest BCUT2D eigenvalue weighted by Crippen LogP contribution is -2.18. The third-order valence-electron chi connectivity index (χ3n) is 3.68. The highest BCUT2D eigenvalue weighted by molar-refractivity contribution is 5.91. The van der Waals surface area contributed by atoms with Crippen LogP contribution in [0.2, 0.25) is 0 Å². The Kier molecular flexibility index (Phi) is 4.23. The lowest BCUT2D eigenvalue weighted by molar-refractivity contribution is -0.115. The average Bonchev–Trinajstić information content (AvgIpc) is 3.10. The lowest BCUT2D eigenvalue weighted by Gasteiger charge is -2.09. The number of aryl methyl sites for hydroxylation is 2. The van der Waals surface area contributed by atoms with E-state index in [1.165, 1.54) is 0 Å². The van der Waals surface area contributed by atoms with Gasteiger partial charge in [-0.05, 0) is 19.4 Å². The molecule has 118 valence electrons. The predicted molar refractivity (Wildman–Crippen MR) is 86.1 cm³/mol. The molecule has 6 heteroatoms. The van der Waals surface area contributed by atoms with Crippen LogP contribution in [0.5, 0.6) is 0 Å². The number of carbonyl (C=O) groups excluding carboxylic acids is 1. The van der Waals surface area contributed by atoms with Gasteiger partial charge in [-0.2, -0.15) is 5.10 Å². The van der Waals surface area contributed by atoms with Crippen molar-refractivity contribution in [3.8, 4) is 0 Å². The van der Waals surface area contributed by atoms with Crippen LogP contribution in [-0.2, 0) is 17.8 Å². The molecule has 1 aromatic carbocycles. The van der Waals surface area contributed by atoms with E-state index < -0.39 is 0 Å².